The van der Waals surface area contributed by atoms with Gasteiger partial charge in [-0.25, -0.2) is 13.6 Å². The van der Waals surface area contributed by atoms with Crippen molar-refractivity contribution in [1.29, 1.82) is 0 Å². The summed E-state index contributed by atoms with van der Waals surface area (Å²) in [6.45, 7) is 4.12. The van der Waals surface area contributed by atoms with Gasteiger partial charge in [0.15, 0.2) is 10.9 Å². The molecule has 0 aromatic heterocycles. The van der Waals surface area contributed by atoms with Crippen molar-refractivity contribution in [3.05, 3.63) is 41.4 Å². The lowest BCUT2D eigenvalue weighted by Gasteiger charge is -2.34. The van der Waals surface area contributed by atoms with Crippen LogP contribution in [0.2, 0.25) is 5.02 Å². The van der Waals surface area contributed by atoms with Crippen LogP contribution >= 0.6 is 40.3 Å². The topological polar surface area (TPSA) is 96.0 Å². The monoisotopic (exact) mass is 467 g/mol. The zero-order valence-corrected chi connectivity index (χ0v) is 17.4. The number of amidine groups is 1. The minimum atomic E-state index is -3.98. The third-order valence-corrected chi connectivity index (χ3v) is 6.45. The van der Waals surface area contributed by atoms with Crippen molar-refractivity contribution >= 4 is 55.5 Å². The Kier molecular flexibility index (Phi) is 6.28. The van der Waals surface area contributed by atoms with Gasteiger partial charge in [-0.3, -0.25) is 4.99 Å². The number of benzene rings is 1. The normalized spacial score (nSPS) is 25.1. The van der Waals surface area contributed by atoms with E-state index in [0.29, 0.717) is 23.9 Å². The maximum atomic E-state index is 11.7. The molecule has 3 rings (SSSR count). The van der Waals surface area contributed by atoms with Crippen molar-refractivity contribution in [2.45, 2.75) is 29.5 Å². The molecule has 2 fully saturated rings. The fourth-order valence-electron chi connectivity index (χ4n) is 2.51. The van der Waals surface area contributed by atoms with Gasteiger partial charge in [-0.15, -0.1) is 23.6 Å². The van der Waals surface area contributed by atoms with Gasteiger partial charge < -0.3 is 10.0 Å². The molecule has 1 aromatic carbocycles. The number of halogens is 2. The van der Waals surface area contributed by atoms with Crippen molar-refractivity contribution < 1.29 is 13.5 Å². The molecule has 25 heavy (non-hydrogen) atoms. The van der Waals surface area contributed by atoms with E-state index in [1.165, 1.54) is 23.9 Å². The Morgan fingerprint density at radius 3 is 2.76 bits per heavy atom. The first-order chi connectivity index (χ1) is 11.3. The largest absolute Gasteiger partial charge is 0.366 e. The van der Waals surface area contributed by atoms with Crippen LogP contribution in [-0.4, -0.2) is 41.9 Å². The molecule has 1 atom stereocenters. The molecule has 6 nitrogen and oxygen atoms in total. The predicted molar refractivity (Wildman–Crippen MR) is 107 cm³/mol. The zero-order valence-electron chi connectivity index (χ0n) is 13.3. The Morgan fingerprint density at radius 2 is 2.20 bits per heavy atom. The van der Waals surface area contributed by atoms with Gasteiger partial charge in [0.05, 0.1) is 16.8 Å². The minimum Gasteiger partial charge on any atom is -0.366 e. The first-order valence-corrected chi connectivity index (χ1v) is 10.3. The average Bonchev–Trinajstić information content (AvgIpc) is 3.26. The first-order valence-electron chi connectivity index (χ1n) is 7.40. The Balaban J connectivity index is 0.00000225. The van der Waals surface area contributed by atoms with Gasteiger partial charge in [0.2, 0.25) is 10.0 Å². The summed E-state index contributed by atoms with van der Waals surface area (Å²) in [6, 6.07) is 4.68. The molecule has 1 saturated heterocycles. The molecule has 0 amide bonds. The lowest BCUT2D eigenvalue weighted by Crippen LogP contribution is -2.45. The van der Waals surface area contributed by atoms with E-state index < -0.39 is 15.7 Å². The van der Waals surface area contributed by atoms with Crippen molar-refractivity contribution in [3.8, 4) is 0 Å². The highest BCUT2D eigenvalue weighted by Gasteiger charge is 2.45. The highest BCUT2D eigenvalue weighted by Crippen LogP contribution is 2.41. The number of rotatable bonds is 5. The van der Waals surface area contributed by atoms with Crippen LogP contribution in [0.25, 0.3) is 0 Å². The number of nitrogens with two attached hydrogens (primary N) is 1. The molecule has 1 aliphatic carbocycles. The molecular weight excluding hydrogens is 450 g/mol. The number of hydrogen-bond donors (Lipinski definition) is 2. The summed E-state index contributed by atoms with van der Waals surface area (Å²) >= 11 is 7.38. The highest BCUT2D eigenvalue weighted by molar-refractivity contribution is 8.93. The second-order valence-electron chi connectivity index (χ2n) is 5.84. The molecule has 3 N–H and O–H groups in total. The molecule has 2 aliphatic rings. The second-order valence-corrected chi connectivity index (χ2v) is 8.72. The maximum absolute atomic E-state index is 11.7. The van der Waals surface area contributed by atoms with Crippen LogP contribution in [0, 0.1) is 0 Å². The Hall–Kier alpha value is -0.580. The smallest absolute Gasteiger partial charge is 0.239 e. The third-order valence-electron chi connectivity index (χ3n) is 3.93. The van der Waals surface area contributed by atoms with E-state index in [0.717, 1.165) is 18.0 Å². The molecule has 10 heteroatoms. The van der Waals surface area contributed by atoms with Gasteiger partial charge in [-0.05, 0) is 25.0 Å². The molecular formula is C15H19BrClN3O3S2. The van der Waals surface area contributed by atoms with Crippen LogP contribution in [0.1, 0.15) is 18.4 Å². The predicted octanol–water partition coefficient (Wildman–Crippen LogP) is 2.46. The lowest BCUT2D eigenvalue weighted by molar-refractivity contribution is -0.0425. The SMILES string of the molecule is Br.C=CCN1C(=NC2CC2)SCC1(O)c1ccc(Cl)c(S(N)(=O)=O)c1. The maximum Gasteiger partial charge on any atom is 0.239 e. The summed E-state index contributed by atoms with van der Waals surface area (Å²) in [7, 11) is -3.98. The number of nitrogens with zero attached hydrogens (tertiary/aromatic N) is 2. The second kappa shape index (κ2) is 7.58. The van der Waals surface area contributed by atoms with Crippen molar-refractivity contribution in [1.82, 2.24) is 4.90 Å². The van der Waals surface area contributed by atoms with Crippen LogP contribution in [0.4, 0.5) is 0 Å². The van der Waals surface area contributed by atoms with E-state index in [1.807, 2.05) is 0 Å². The van der Waals surface area contributed by atoms with E-state index in [4.69, 9.17) is 16.7 Å². The summed E-state index contributed by atoms with van der Waals surface area (Å²) in [6.07, 6.45) is 3.79. The van der Waals surface area contributed by atoms with Crippen LogP contribution in [0.5, 0.6) is 0 Å². The standard InChI is InChI=1S/C15H18ClN3O3S2.BrH/c1-2-7-19-14(18-11-4-5-11)23-9-15(19,20)10-3-6-12(16)13(8-10)24(17,21)22;/h2-3,6,8,11,20H,1,4-5,7,9H2,(H2,17,21,22);1H. The van der Waals surface area contributed by atoms with Crippen molar-refractivity contribution in [3.63, 3.8) is 0 Å². The minimum absolute atomic E-state index is 0. The van der Waals surface area contributed by atoms with Crippen molar-refractivity contribution in [2.75, 3.05) is 12.3 Å². The zero-order chi connectivity index (χ0) is 17.5. The quantitative estimate of drug-likeness (QED) is 0.647. The summed E-state index contributed by atoms with van der Waals surface area (Å²) in [5.74, 6) is 0.331. The number of thioether (sulfide) groups is 1. The number of aliphatic imine (C=N–C) groups is 1. The molecule has 1 heterocycles. The number of sulfonamides is 1. The van der Waals surface area contributed by atoms with Gasteiger partial charge in [-0.2, -0.15) is 0 Å². The Labute approximate surface area is 167 Å². The molecule has 0 spiro atoms. The van der Waals surface area contributed by atoms with Gasteiger partial charge in [0.25, 0.3) is 0 Å². The molecule has 1 aliphatic heterocycles. The van der Waals surface area contributed by atoms with Gasteiger partial charge in [0, 0.05) is 12.1 Å². The molecule has 1 unspecified atom stereocenters. The summed E-state index contributed by atoms with van der Waals surface area (Å²) in [5, 5.41) is 17.2. The molecule has 138 valence electrons. The molecule has 1 saturated carbocycles. The fraction of sp³-hybridized carbons (Fsp3) is 0.400. The third kappa shape index (κ3) is 4.23. The van der Waals surface area contributed by atoms with Crippen LogP contribution in [0.15, 0.2) is 40.7 Å². The van der Waals surface area contributed by atoms with E-state index in [-0.39, 0.29) is 26.9 Å². The molecule has 0 bridgehead atoms. The van der Waals surface area contributed by atoms with Crippen LogP contribution in [-0.2, 0) is 15.7 Å². The van der Waals surface area contributed by atoms with E-state index in [9.17, 15) is 13.5 Å². The van der Waals surface area contributed by atoms with Crippen LogP contribution in [0.3, 0.4) is 0 Å². The Bertz CT molecular complexity index is 814. The lowest BCUT2D eigenvalue weighted by atomic mass is 10.0. The number of aliphatic hydroxyl groups is 1. The average molecular weight is 469 g/mol. The first kappa shape index (κ1) is 20.7. The fourth-order valence-corrected chi connectivity index (χ4v) is 4.84. The Morgan fingerprint density at radius 1 is 1.52 bits per heavy atom. The van der Waals surface area contributed by atoms with Crippen LogP contribution < -0.4 is 5.14 Å². The summed E-state index contributed by atoms with van der Waals surface area (Å²) in [4.78, 5) is 6.16. The van der Waals surface area contributed by atoms with Crippen molar-refractivity contribution in [2.24, 2.45) is 10.1 Å². The van der Waals surface area contributed by atoms with Gasteiger partial charge >= 0.3 is 0 Å². The van der Waals surface area contributed by atoms with E-state index >= 15 is 0 Å². The van der Waals surface area contributed by atoms with E-state index in [1.54, 1.807) is 17.0 Å². The highest BCUT2D eigenvalue weighted by atomic mass is 79.9. The number of primary sulfonamides is 1. The van der Waals surface area contributed by atoms with Gasteiger partial charge in [0.1, 0.15) is 4.90 Å². The molecule has 1 aromatic rings. The molecule has 0 radical (unpaired) electrons. The number of hydrogen-bond acceptors (Lipinski definition) is 5. The summed E-state index contributed by atoms with van der Waals surface area (Å²) in [5.41, 5.74) is -0.984. The summed E-state index contributed by atoms with van der Waals surface area (Å²) < 4.78 is 23.4. The van der Waals surface area contributed by atoms with Gasteiger partial charge in [-0.1, -0.05) is 35.5 Å². The van der Waals surface area contributed by atoms with E-state index in [2.05, 4.69) is 11.6 Å².